The third-order valence-corrected chi connectivity index (χ3v) is 2.74. The summed E-state index contributed by atoms with van der Waals surface area (Å²) in [6.45, 7) is 0.0286. The van der Waals surface area contributed by atoms with E-state index in [0.29, 0.717) is 5.56 Å². The van der Waals surface area contributed by atoms with Gasteiger partial charge in [-0.3, -0.25) is 0 Å². The maximum absolute atomic E-state index is 11.6. The Hall–Kier alpha value is -2.82. The van der Waals surface area contributed by atoms with E-state index in [4.69, 9.17) is 14.6 Å². The Morgan fingerprint density at radius 2 is 1.52 bits per heavy atom. The monoisotopic (exact) mass is 286 g/mol. The molecule has 108 valence electrons. The van der Waals surface area contributed by atoms with Crippen LogP contribution in [0.3, 0.4) is 0 Å². The fourth-order valence-electron chi connectivity index (χ4n) is 1.74. The average molecular weight is 286 g/mol. The molecule has 1 atom stereocenters. The molecule has 0 heterocycles. The van der Waals surface area contributed by atoms with Crippen LogP contribution in [0.1, 0.15) is 17.2 Å². The van der Waals surface area contributed by atoms with Gasteiger partial charge in [0.2, 0.25) is 6.10 Å². The Balaban J connectivity index is 1.95. The van der Waals surface area contributed by atoms with Gasteiger partial charge in [-0.25, -0.2) is 9.59 Å². The smallest absolute Gasteiger partial charge is 0.478 e. The number of aliphatic carboxylic acids is 1. The summed E-state index contributed by atoms with van der Waals surface area (Å²) in [4.78, 5) is 22.8. The molecule has 2 rings (SSSR count). The van der Waals surface area contributed by atoms with Gasteiger partial charge in [0.05, 0.1) is 0 Å². The normalized spacial score (nSPS) is 11.4. The molecule has 0 fully saturated rings. The molecule has 0 bridgehead atoms. The summed E-state index contributed by atoms with van der Waals surface area (Å²) in [6, 6.07) is 17.3. The van der Waals surface area contributed by atoms with Gasteiger partial charge in [-0.1, -0.05) is 60.7 Å². The zero-order valence-electron chi connectivity index (χ0n) is 11.1. The van der Waals surface area contributed by atoms with Gasteiger partial charge in [0.1, 0.15) is 6.61 Å². The first-order chi connectivity index (χ1) is 10.2. The minimum atomic E-state index is -1.38. The molecule has 21 heavy (non-hydrogen) atoms. The molecule has 0 saturated heterocycles. The van der Waals surface area contributed by atoms with Crippen molar-refractivity contribution in [3.05, 3.63) is 71.8 Å². The van der Waals surface area contributed by atoms with Crippen LogP contribution in [0.2, 0.25) is 0 Å². The van der Waals surface area contributed by atoms with E-state index in [0.717, 1.165) is 5.56 Å². The lowest BCUT2D eigenvalue weighted by atomic mass is 10.1. The minimum absolute atomic E-state index is 0.0286. The molecule has 2 aromatic carbocycles. The highest BCUT2D eigenvalue weighted by Crippen LogP contribution is 2.18. The number of carboxylic acids is 1. The van der Waals surface area contributed by atoms with Crippen molar-refractivity contribution in [1.29, 1.82) is 0 Å². The molecule has 0 spiro atoms. The summed E-state index contributed by atoms with van der Waals surface area (Å²) >= 11 is 0. The summed E-state index contributed by atoms with van der Waals surface area (Å²) < 4.78 is 9.76. The third-order valence-electron chi connectivity index (χ3n) is 2.74. The van der Waals surface area contributed by atoms with E-state index in [2.05, 4.69) is 0 Å². The maximum Gasteiger partial charge on any atom is 0.509 e. The van der Waals surface area contributed by atoms with Gasteiger partial charge in [-0.15, -0.1) is 0 Å². The van der Waals surface area contributed by atoms with Crippen molar-refractivity contribution in [2.45, 2.75) is 12.7 Å². The predicted octanol–water partition coefficient (Wildman–Crippen LogP) is 3.17. The number of carboxylic acid groups (broad SMARTS) is 1. The summed E-state index contributed by atoms with van der Waals surface area (Å²) in [7, 11) is 0. The van der Waals surface area contributed by atoms with E-state index in [9.17, 15) is 9.59 Å². The molecule has 5 nitrogen and oxygen atoms in total. The van der Waals surface area contributed by atoms with Crippen molar-refractivity contribution in [3.8, 4) is 0 Å². The van der Waals surface area contributed by atoms with Gasteiger partial charge >= 0.3 is 12.1 Å². The summed E-state index contributed by atoms with van der Waals surface area (Å²) in [5, 5.41) is 9.13. The molecule has 1 N–H and O–H groups in total. The fraction of sp³-hybridized carbons (Fsp3) is 0.125. The second-order valence-electron chi connectivity index (χ2n) is 4.27. The molecule has 5 heteroatoms. The van der Waals surface area contributed by atoms with Crippen LogP contribution in [0.15, 0.2) is 60.7 Å². The van der Waals surface area contributed by atoms with E-state index in [-0.39, 0.29) is 6.61 Å². The second kappa shape index (κ2) is 7.09. The lowest BCUT2D eigenvalue weighted by molar-refractivity contribution is -0.148. The Bertz CT molecular complexity index is 595. The predicted molar refractivity (Wildman–Crippen MR) is 74.5 cm³/mol. The highest BCUT2D eigenvalue weighted by atomic mass is 16.7. The summed E-state index contributed by atoms with van der Waals surface area (Å²) in [5.74, 6) is -1.25. The van der Waals surface area contributed by atoms with Crippen LogP contribution < -0.4 is 0 Å². The van der Waals surface area contributed by atoms with Crippen LogP contribution in [0.5, 0.6) is 0 Å². The molecule has 0 aromatic heterocycles. The van der Waals surface area contributed by atoms with Crippen LogP contribution in [0, 0.1) is 0 Å². The van der Waals surface area contributed by atoms with Crippen molar-refractivity contribution < 1.29 is 24.2 Å². The van der Waals surface area contributed by atoms with E-state index in [1.165, 1.54) is 0 Å². The van der Waals surface area contributed by atoms with Crippen molar-refractivity contribution in [3.63, 3.8) is 0 Å². The Morgan fingerprint density at radius 3 is 2.10 bits per heavy atom. The molecule has 2 aromatic rings. The second-order valence-corrected chi connectivity index (χ2v) is 4.27. The molecule has 1 unspecified atom stereocenters. The first-order valence-electron chi connectivity index (χ1n) is 6.32. The lowest BCUT2D eigenvalue weighted by Gasteiger charge is -2.13. The highest BCUT2D eigenvalue weighted by molar-refractivity contribution is 5.77. The fourth-order valence-corrected chi connectivity index (χ4v) is 1.74. The van der Waals surface area contributed by atoms with Gasteiger partial charge < -0.3 is 14.6 Å². The molecular formula is C16H14O5. The van der Waals surface area contributed by atoms with Crippen LogP contribution in [0.25, 0.3) is 0 Å². The average Bonchev–Trinajstić information content (AvgIpc) is 2.52. The van der Waals surface area contributed by atoms with E-state index < -0.39 is 18.2 Å². The summed E-state index contributed by atoms with van der Waals surface area (Å²) in [5.41, 5.74) is 1.17. The minimum Gasteiger partial charge on any atom is -0.478 e. The number of hydrogen-bond donors (Lipinski definition) is 1. The van der Waals surface area contributed by atoms with Gasteiger partial charge in [0.15, 0.2) is 0 Å². The maximum atomic E-state index is 11.6. The topological polar surface area (TPSA) is 72.8 Å². The van der Waals surface area contributed by atoms with Crippen molar-refractivity contribution in [1.82, 2.24) is 0 Å². The van der Waals surface area contributed by atoms with Gasteiger partial charge in [-0.2, -0.15) is 0 Å². The number of rotatable bonds is 5. The summed E-state index contributed by atoms with van der Waals surface area (Å²) in [6.07, 6.45) is -2.40. The van der Waals surface area contributed by atoms with Gasteiger partial charge in [-0.05, 0) is 5.56 Å². The Kier molecular flexibility index (Phi) is 4.93. The van der Waals surface area contributed by atoms with Crippen molar-refractivity contribution in [2.24, 2.45) is 0 Å². The Morgan fingerprint density at radius 1 is 0.952 bits per heavy atom. The molecular weight excluding hydrogens is 272 g/mol. The van der Waals surface area contributed by atoms with Gasteiger partial charge in [0.25, 0.3) is 0 Å². The molecule has 0 aliphatic heterocycles. The van der Waals surface area contributed by atoms with Crippen LogP contribution >= 0.6 is 0 Å². The number of hydrogen-bond acceptors (Lipinski definition) is 4. The first kappa shape index (κ1) is 14.6. The van der Waals surface area contributed by atoms with Crippen molar-refractivity contribution >= 4 is 12.1 Å². The standard InChI is InChI=1S/C16H14O5/c17-15(18)14(13-9-5-2-6-10-13)21-16(19)20-11-12-7-3-1-4-8-12/h1-10,14H,11H2,(H,17,18). The lowest BCUT2D eigenvalue weighted by Crippen LogP contribution is -2.20. The Labute approximate surface area is 121 Å². The van der Waals surface area contributed by atoms with Crippen molar-refractivity contribution in [2.75, 3.05) is 0 Å². The first-order valence-corrected chi connectivity index (χ1v) is 6.32. The van der Waals surface area contributed by atoms with E-state index >= 15 is 0 Å². The van der Waals surface area contributed by atoms with Gasteiger partial charge in [0, 0.05) is 5.56 Å². The SMILES string of the molecule is O=C(OCc1ccccc1)OC(C(=O)O)c1ccccc1. The van der Waals surface area contributed by atoms with E-state index in [1.54, 1.807) is 42.5 Å². The molecule has 0 amide bonds. The third kappa shape index (κ3) is 4.35. The number of benzene rings is 2. The zero-order valence-corrected chi connectivity index (χ0v) is 11.1. The number of carbonyl (C=O) groups excluding carboxylic acids is 1. The van der Waals surface area contributed by atoms with Crippen LogP contribution in [-0.2, 0) is 20.9 Å². The zero-order chi connectivity index (χ0) is 15.1. The number of carbonyl (C=O) groups is 2. The largest absolute Gasteiger partial charge is 0.509 e. The highest BCUT2D eigenvalue weighted by Gasteiger charge is 2.25. The number of ether oxygens (including phenoxy) is 2. The molecule has 0 aliphatic rings. The van der Waals surface area contributed by atoms with Crippen LogP contribution in [0.4, 0.5) is 4.79 Å². The molecule has 0 radical (unpaired) electrons. The van der Waals surface area contributed by atoms with E-state index in [1.807, 2.05) is 18.2 Å². The molecule has 0 saturated carbocycles. The molecule has 0 aliphatic carbocycles. The quantitative estimate of drug-likeness (QED) is 0.855. The van der Waals surface area contributed by atoms with Crippen LogP contribution in [-0.4, -0.2) is 17.2 Å².